The maximum Gasteiger partial charge on any atom is 0.258 e. The van der Waals surface area contributed by atoms with Gasteiger partial charge < -0.3 is 9.55 Å². The van der Waals surface area contributed by atoms with Crippen LogP contribution in [-0.4, -0.2) is 14.5 Å². The van der Waals surface area contributed by atoms with Gasteiger partial charge in [-0.15, -0.1) is 0 Å². The third-order valence-corrected chi connectivity index (χ3v) is 3.66. The van der Waals surface area contributed by atoms with Crippen LogP contribution in [0, 0.1) is 0 Å². The second-order valence-corrected chi connectivity index (χ2v) is 5.03. The van der Waals surface area contributed by atoms with E-state index in [1.165, 1.54) is 5.39 Å². The number of nitrogens with zero attached hydrogens (tertiary/aromatic N) is 2. The molecule has 21 heavy (non-hydrogen) atoms. The van der Waals surface area contributed by atoms with Gasteiger partial charge in [0.25, 0.3) is 5.56 Å². The molecule has 1 N–H and O–H groups in total. The van der Waals surface area contributed by atoms with E-state index < -0.39 is 0 Å². The monoisotopic (exact) mass is 275 g/mol. The van der Waals surface area contributed by atoms with Crippen LogP contribution in [-0.2, 0) is 6.54 Å². The van der Waals surface area contributed by atoms with Crippen molar-refractivity contribution in [3.8, 4) is 0 Å². The van der Waals surface area contributed by atoms with Crippen molar-refractivity contribution in [1.82, 2.24) is 14.5 Å². The maximum atomic E-state index is 12.1. The molecule has 4 aromatic rings. The van der Waals surface area contributed by atoms with Gasteiger partial charge in [-0.1, -0.05) is 30.3 Å². The van der Waals surface area contributed by atoms with Gasteiger partial charge in [0.15, 0.2) is 0 Å². The Labute approximate surface area is 120 Å². The van der Waals surface area contributed by atoms with E-state index in [2.05, 4.69) is 32.7 Å². The number of nitrogens with one attached hydrogen (secondary N) is 1. The molecule has 2 aromatic heterocycles. The van der Waals surface area contributed by atoms with E-state index in [1.807, 2.05) is 36.5 Å². The summed E-state index contributed by atoms with van der Waals surface area (Å²) in [5, 5.41) is 1.80. The molecule has 2 aromatic carbocycles. The summed E-state index contributed by atoms with van der Waals surface area (Å²) in [6, 6.07) is 17.6. The van der Waals surface area contributed by atoms with E-state index in [0.29, 0.717) is 17.8 Å². The molecule has 0 unspecified atom stereocenters. The Morgan fingerprint density at radius 1 is 1.00 bits per heavy atom. The molecule has 4 heteroatoms. The van der Waals surface area contributed by atoms with Crippen LogP contribution in [0.4, 0.5) is 0 Å². The van der Waals surface area contributed by atoms with E-state index in [1.54, 1.807) is 6.07 Å². The molecule has 0 amide bonds. The third-order valence-electron chi connectivity index (χ3n) is 3.66. The molecule has 2 heterocycles. The lowest BCUT2D eigenvalue weighted by Gasteiger charge is -2.06. The molecular formula is C17H13N3O. The number of hydrogen-bond donors (Lipinski definition) is 1. The molecular weight excluding hydrogens is 262 g/mol. The van der Waals surface area contributed by atoms with Crippen molar-refractivity contribution >= 4 is 21.8 Å². The standard InChI is InChI=1S/C17H13N3O/c21-17-13-6-2-3-7-14(13)18-16(19-17)11-20-10-9-12-5-1-4-8-15(12)20/h1-10H,11H2,(H,18,19,21). The zero-order chi connectivity index (χ0) is 14.2. The molecule has 0 atom stereocenters. The van der Waals surface area contributed by atoms with Gasteiger partial charge in [-0.3, -0.25) is 4.79 Å². The molecule has 0 radical (unpaired) electrons. The summed E-state index contributed by atoms with van der Waals surface area (Å²) in [6.45, 7) is 0.549. The number of fused-ring (bicyclic) bond motifs is 2. The molecule has 0 saturated carbocycles. The van der Waals surface area contributed by atoms with E-state index in [0.717, 1.165) is 11.0 Å². The summed E-state index contributed by atoms with van der Waals surface area (Å²) in [5.41, 5.74) is 1.77. The number of H-pyrrole nitrogens is 1. The Hall–Kier alpha value is -2.88. The summed E-state index contributed by atoms with van der Waals surface area (Å²) in [6.07, 6.45) is 2.01. The molecule has 0 fully saturated rings. The number of aromatic amines is 1. The van der Waals surface area contributed by atoms with Crippen LogP contribution in [0.25, 0.3) is 21.8 Å². The van der Waals surface area contributed by atoms with Crippen LogP contribution in [0.15, 0.2) is 65.6 Å². The van der Waals surface area contributed by atoms with Gasteiger partial charge in [0.2, 0.25) is 0 Å². The summed E-state index contributed by atoms with van der Waals surface area (Å²) in [4.78, 5) is 19.5. The highest BCUT2D eigenvalue weighted by atomic mass is 16.1. The Bertz CT molecular complexity index is 997. The average molecular weight is 275 g/mol. The Morgan fingerprint density at radius 3 is 2.76 bits per heavy atom. The van der Waals surface area contributed by atoms with Crippen molar-refractivity contribution in [2.45, 2.75) is 6.54 Å². The first-order valence-corrected chi connectivity index (χ1v) is 6.83. The molecule has 0 aliphatic carbocycles. The van der Waals surface area contributed by atoms with Crippen LogP contribution in [0.3, 0.4) is 0 Å². The van der Waals surface area contributed by atoms with Crippen molar-refractivity contribution in [3.05, 3.63) is 77.0 Å². The van der Waals surface area contributed by atoms with Crippen molar-refractivity contribution in [3.63, 3.8) is 0 Å². The summed E-state index contributed by atoms with van der Waals surface area (Å²) in [7, 11) is 0. The second-order valence-electron chi connectivity index (χ2n) is 5.03. The highest BCUT2D eigenvalue weighted by Gasteiger charge is 2.05. The molecule has 0 saturated heterocycles. The fourth-order valence-electron chi connectivity index (χ4n) is 2.65. The lowest BCUT2D eigenvalue weighted by atomic mass is 10.2. The number of benzene rings is 2. The molecule has 102 valence electrons. The number of hydrogen-bond acceptors (Lipinski definition) is 2. The van der Waals surface area contributed by atoms with E-state index in [9.17, 15) is 4.79 Å². The van der Waals surface area contributed by atoms with Crippen molar-refractivity contribution in [2.24, 2.45) is 0 Å². The molecule has 0 spiro atoms. The molecule has 0 aliphatic rings. The van der Waals surface area contributed by atoms with Crippen molar-refractivity contribution in [2.75, 3.05) is 0 Å². The zero-order valence-corrected chi connectivity index (χ0v) is 11.3. The van der Waals surface area contributed by atoms with Gasteiger partial charge in [-0.25, -0.2) is 4.98 Å². The van der Waals surface area contributed by atoms with Gasteiger partial charge in [-0.2, -0.15) is 0 Å². The topological polar surface area (TPSA) is 50.7 Å². The molecule has 4 nitrogen and oxygen atoms in total. The van der Waals surface area contributed by atoms with Crippen LogP contribution in [0.1, 0.15) is 5.82 Å². The first kappa shape index (κ1) is 11.9. The SMILES string of the molecule is O=c1[nH]c(Cn2ccc3ccccc32)nc2ccccc12. The van der Waals surface area contributed by atoms with Crippen LogP contribution in [0.2, 0.25) is 0 Å². The summed E-state index contributed by atoms with van der Waals surface area (Å²) in [5.74, 6) is 0.667. The largest absolute Gasteiger partial charge is 0.340 e. The number of rotatable bonds is 2. The fraction of sp³-hybridized carbons (Fsp3) is 0.0588. The minimum absolute atomic E-state index is 0.0907. The minimum Gasteiger partial charge on any atom is -0.340 e. The first-order chi connectivity index (χ1) is 10.3. The lowest BCUT2D eigenvalue weighted by Crippen LogP contribution is -2.14. The minimum atomic E-state index is -0.0907. The normalized spacial score (nSPS) is 11.2. The van der Waals surface area contributed by atoms with E-state index >= 15 is 0 Å². The third kappa shape index (κ3) is 2.01. The first-order valence-electron chi connectivity index (χ1n) is 6.83. The number of aromatic nitrogens is 3. The molecule has 4 rings (SSSR count). The van der Waals surface area contributed by atoms with Crippen LogP contribution < -0.4 is 5.56 Å². The zero-order valence-electron chi connectivity index (χ0n) is 11.3. The quantitative estimate of drug-likeness (QED) is 0.611. The average Bonchev–Trinajstić information content (AvgIpc) is 2.91. The maximum absolute atomic E-state index is 12.1. The van der Waals surface area contributed by atoms with Gasteiger partial charge in [0, 0.05) is 11.7 Å². The molecule has 0 bridgehead atoms. The fourth-order valence-corrected chi connectivity index (χ4v) is 2.65. The van der Waals surface area contributed by atoms with Gasteiger partial charge in [0.05, 0.1) is 17.4 Å². The summed E-state index contributed by atoms with van der Waals surface area (Å²) < 4.78 is 2.09. The predicted molar refractivity (Wildman–Crippen MR) is 83.4 cm³/mol. The summed E-state index contributed by atoms with van der Waals surface area (Å²) >= 11 is 0. The van der Waals surface area contributed by atoms with Gasteiger partial charge in [0.1, 0.15) is 5.82 Å². The predicted octanol–water partition coefficient (Wildman–Crippen LogP) is 2.93. The van der Waals surface area contributed by atoms with Crippen molar-refractivity contribution in [1.29, 1.82) is 0 Å². The lowest BCUT2D eigenvalue weighted by molar-refractivity contribution is 0.773. The van der Waals surface area contributed by atoms with Gasteiger partial charge in [-0.05, 0) is 29.7 Å². The van der Waals surface area contributed by atoms with Crippen LogP contribution in [0.5, 0.6) is 0 Å². The van der Waals surface area contributed by atoms with Crippen molar-refractivity contribution < 1.29 is 0 Å². The second kappa shape index (κ2) is 4.59. The highest BCUT2D eigenvalue weighted by Crippen LogP contribution is 2.16. The van der Waals surface area contributed by atoms with Crippen LogP contribution >= 0.6 is 0 Å². The van der Waals surface area contributed by atoms with E-state index in [-0.39, 0.29) is 5.56 Å². The van der Waals surface area contributed by atoms with E-state index in [4.69, 9.17) is 0 Å². The molecule has 0 aliphatic heterocycles. The Balaban J connectivity index is 1.82. The smallest absolute Gasteiger partial charge is 0.258 e. The highest BCUT2D eigenvalue weighted by molar-refractivity contribution is 5.80. The number of para-hydroxylation sites is 2. The Kier molecular flexibility index (Phi) is 2.60. The Morgan fingerprint density at radius 2 is 1.81 bits per heavy atom. The van der Waals surface area contributed by atoms with Gasteiger partial charge >= 0.3 is 0 Å².